The van der Waals surface area contributed by atoms with Gasteiger partial charge in [0.1, 0.15) is 17.8 Å². The minimum absolute atomic E-state index is 0.120. The summed E-state index contributed by atoms with van der Waals surface area (Å²) in [6, 6.07) is 9.66. The maximum absolute atomic E-state index is 13.6. The molecule has 0 fully saturated rings. The van der Waals surface area contributed by atoms with Crippen molar-refractivity contribution in [3.63, 3.8) is 0 Å². The van der Waals surface area contributed by atoms with Crippen LogP contribution in [0.3, 0.4) is 0 Å². The van der Waals surface area contributed by atoms with Crippen molar-refractivity contribution in [2.45, 2.75) is 13.0 Å². The van der Waals surface area contributed by atoms with Gasteiger partial charge in [0.05, 0.1) is 23.5 Å². The summed E-state index contributed by atoms with van der Waals surface area (Å²) in [6.07, 6.45) is 3.01. The first kappa shape index (κ1) is 17.2. The van der Waals surface area contributed by atoms with Crippen LogP contribution in [0.15, 0.2) is 53.7 Å². The van der Waals surface area contributed by atoms with Crippen LogP contribution in [0.25, 0.3) is 11.3 Å². The maximum atomic E-state index is 13.6. The minimum atomic E-state index is -0.524. The van der Waals surface area contributed by atoms with E-state index in [9.17, 15) is 14.0 Å². The summed E-state index contributed by atoms with van der Waals surface area (Å²) in [4.78, 5) is 31.9. The number of carbonyl (C=O) groups is 1. The van der Waals surface area contributed by atoms with E-state index in [1.165, 1.54) is 27.5 Å². The van der Waals surface area contributed by atoms with Gasteiger partial charge in [0, 0.05) is 24.7 Å². The summed E-state index contributed by atoms with van der Waals surface area (Å²) in [6.45, 7) is 0.555. The zero-order valence-corrected chi connectivity index (χ0v) is 15.1. The van der Waals surface area contributed by atoms with Gasteiger partial charge >= 0.3 is 0 Å². The molecule has 1 aliphatic heterocycles. The van der Waals surface area contributed by atoms with Crippen molar-refractivity contribution in [2.75, 3.05) is 6.54 Å². The zero-order valence-electron chi connectivity index (χ0n) is 15.1. The fourth-order valence-electron chi connectivity index (χ4n) is 3.49. The summed E-state index contributed by atoms with van der Waals surface area (Å²) in [5, 5.41) is 11.0. The van der Waals surface area contributed by atoms with Crippen molar-refractivity contribution in [1.82, 2.24) is 34.5 Å². The highest BCUT2D eigenvalue weighted by molar-refractivity contribution is 5.94. The number of pyridine rings is 1. The van der Waals surface area contributed by atoms with E-state index in [-0.39, 0.29) is 18.0 Å². The molecule has 1 aliphatic rings. The van der Waals surface area contributed by atoms with Crippen LogP contribution in [-0.2, 0) is 13.0 Å². The fourth-order valence-corrected chi connectivity index (χ4v) is 3.49. The number of aromatic nitrogens is 6. The Morgan fingerprint density at radius 1 is 1.17 bits per heavy atom. The lowest BCUT2D eigenvalue weighted by molar-refractivity contribution is 0.0732. The molecule has 0 atom stereocenters. The van der Waals surface area contributed by atoms with Crippen LogP contribution >= 0.6 is 0 Å². The molecular weight excluding hydrogens is 377 g/mol. The number of rotatable bonds is 2. The third-order valence-corrected chi connectivity index (χ3v) is 4.93. The molecule has 5 rings (SSSR count). The van der Waals surface area contributed by atoms with Crippen LogP contribution in [0.1, 0.15) is 21.6 Å². The molecule has 0 saturated carbocycles. The summed E-state index contributed by atoms with van der Waals surface area (Å²) < 4.78 is 16.2. The number of nitrogens with zero attached hydrogens (tertiary/aromatic N) is 7. The number of benzene rings is 1. The second-order valence-corrected chi connectivity index (χ2v) is 6.70. The van der Waals surface area contributed by atoms with Crippen molar-refractivity contribution >= 4 is 11.6 Å². The van der Waals surface area contributed by atoms with E-state index < -0.39 is 5.82 Å². The first-order valence-electron chi connectivity index (χ1n) is 8.92. The van der Waals surface area contributed by atoms with Gasteiger partial charge < -0.3 is 4.90 Å². The number of tetrazole rings is 1. The Hall–Kier alpha value is -3.95. The van der Waals surface area contributed by atoms with E-state index in [4.69, 9.17) is 0 Å². The predicted octanol–water partition coefficient (Wildman–Crippen LogP) is 1.01. The Morgan fingerprint density at radius 3 is 2.90 bits per heavy atom. The van der Waals surface area contributed by atoms with Crippen molar-refractivity contribution in [3.8, 4) is 5.69 Å². The molecule has 1 aromatic carbocycles. The number of amides is 1. The fraction of sp³-hybridized carbons (Fsp3) is 0.158. The maximum Gasteiger partial charge on any atom is 0.263 e. The van der Waals surface area contributed by atoms with Gasteiger partial charge in [-0.15, -0.1) is 5.10 Å². The number of carbonyl (C=O) groups excluding carboxylic acids is 1. The zero-order chi connectivity index (χ0) is 20.0. The lowest BCUT2D eigenvalue weighted by atomic mass is 10.1. The molecular formula is C19H14FN7O2. The molecule has 3 aromatic heterocycles. The smallest absolute Gasteiger partial charge is 0.263 e. The Kier molecular flexibility index (Phi) is 3.90. The van der Waals surface area contributed by atoms with E-state index in [2.05, 4.69) is 20.5 Å². The van der Waals surface area contributed by atoms with Crippen LogP contribution in [0, 0.1) is 5.82 Å². The molecule has 0 aliphatic carbocycles. The molecule has 10 heteroatoms. The van der Waals surface area contributed by atoms with Crippen molar-refractivity contribution in [1.29, 1.82) is 0 Å². The molecule has 4 aromatic rings. The highest BCUT2D eigenvalue weighted by Crippen LogP contribution is 2.19. The van der Waals surface area contributed by atoms with Crippen LogP contribution in [0.2, 0.25) is 0 Å². The van der Waals surface area contributed by atoms with Gasteiger partial charge in [0.15, 0.2) is 0 Å². The first-order valence-corrected chi connectivity index (χ1v) is 8.92. The van der Waals surface area contributed by atoms with Crippen molar-refractivity contribution in [3.05, 3.63) is 81.9 Å². The number of hydrogen-bond acceptors (Lipinski definition) is 6. The van der Waals surface area contributed by atoms with E-state index in [1.807, 2.05) is 0 Å². The molecule has 0 unspecified atom stereocenters. The molecule has 0 bridgehead atoms. The SMILES string of the molecule is O=C(c1cccc(-n2cnnn2)c1)N1CCc2nc3ccc(F)cn3c(=O)c2C1. The van der Waals surface area contributed by atoms with E-state index in [1.54, 1.807) is 29.2 Å². The Bertz CT molecular complexity index is 1300. The van der Waals surface area contributed by atoms with Crippen molar-refractivity contribution in [2.24, 2.45) is 0 Å². The van der Waals surface area contributed by atoms with Gasteiger partial charge in [0.25, 0.3) is 11.5 Å². The average molecular weight is 391 g/mol. The Morgan fingerprint density at radius 2 is 2.07 bits per heavy atom. The standard InChI is InChI=1S/C19H14FN7O2/c20-13-4-5-17-22-16-6-7-25(10-15(16)19(29)26(17)9-13)18(28)12-2-1-3-14(8-12)27-11-21-23-24-27/h1-5,8-9,11H,6-7,10H2. The lowest BCUT2D eigenvalue weighted by Crippen LogP contribution is -2.40. The minimum Gasteiger partial charge on any atom is -0.334 e. The molecule has 0 N–H and O–H groups in total. The largest absolute Gasteiger partial charge is 0.334 e. The van der Waals surface area contributed by atoms with Gasteiger partial charge in [-0.25, -0.2) is 14.1 Å². The molecule has 29 heavy (non-hydrogen) atoms. The molecule has 144 valence electrons. The number of fused-ring (bicyclic) bond motifs is 2. The van der Waals surface area contributed by atoms with E-state index >= 15 is 0 Å². The van der Waals surface area contributed by atoms with Gasteiger partial charge in [-0.1, -0.05) is 6.07 Å². The second-order valence-electron chi connectivity index (χ2n) is 6.70. The monoisotopic (exact) mass is 391 g/mol. The highest BCUT2D eigenvalue weighted by Gasteiger charge is 2.26. The Balaban J connectivity index is 1.48. The van der Waals surface area contributed by atoms with Crippen LogP contribution < -0.4 is 5.56 Å². The average Bonchev–Trinajstić information content (AvgIpc) is 3.29. The van der Waals surface area contributed by atoms with E-state index in [0.717, 1.165) is 6.20 Å². The predicted molar refractivity (Wildman–Crippen MR) is 99.0 cm³/mol. The molecule has 0 radical (unpaired) electrons. The second kappa shape index (κ2) is 6.59. The normalized spacial score (nSPS) is 13.5. The molecule has 0 saturated heterocycles. The van der Waals surface area contributed by atoms with Crippen LogP contribution in [0.5, 0.6) is 0 Å². The topological polar surface area (TPSA) is 98.3 Å². The number of hydrogen-bond donors (Lipinski definition) is 0. The Labute approximate surface area is 163 Å². The molecule has 9 nitrogen and oxygen atoms in total. The third-order valence-electron chi connectivity index (χ3n) is 4.93. The summed E-state index contributed by atoms with van der Waals surface area (Å²) in [5.41, 5.74) is 2.20. The quantitative estimate of drug-likeness (QED) is 0.506. The van der Waals surface area contributed by atoms with Crippen molar-refractivity contribution < 1.29 is 9.18 Å². The van der Waals surface area contributed by atoms with Gasteiger partial charge in [-0.3, -0.25) is 14.0 Å². The van der Waals surface area contributed by atoms with Gasteiger partial charge in [-0.2, -0.15) is 0 Å². The summed E-state index contributed by atoms with van der Waals surface area (Å²) >= 11 is 0. The van der Waals surface area contributed by atoms with Crippen LogP contribution in [0.4, 0.5) is 4.39 Å². The van der Waals surface area contributed by atoms with E-state index in [0.29, 0.717) is 41.1 Å². The van der Waals surface area contributed by atoms with Crippen LogP contribution in [-0.4, -0.2) is 46.9 Å². The molecule has 0 spiro atoms. The molecule has 4 heterocycles. The van der Waals surface area contributed by atoms with Gasteiger partial charge in [0.2, 0.25) is 0 Å². The lowest BCUT2D eigenvalue weighted by Gasteiger charge is -2.28. The summed E-state index contributed by atoms with van der Waals surface area (Å²) in [7, 11) is 0. The third kappa shape index (κ3) is 2.94. The molecule has 1 amide bonds. The number of halogens is 1. The first-order chi connectivity index (χ1) is 14.1. The summed E-state index contributed by atoms with van der Waals surface area (Å²) in [5.74, 6) is -0.737. The van der Waals surface area contributed by atoms with Gasteiger partial charge in [-0.05, 0) is 40.8 Å². The highest BCUT2D eigenvalue weighted by atomic mass is 19.1.